The van der Waals surface area contributed by atoms with Crippen LogP contribution in [0.1, 0.15) is 64.3 Å². The fourth-order valence-electron chi connectivity index (χ4n) is 3.68. The molecule has 2 heterocycles. The third kappa shape index (κ3) is 4.44. The van der Waals surface area contributed by atoms with Gasteiger partial charge in [0.15, 0.2) is 0 Å². The summed E-state index contributed by atoms with van der Waals surface area (Å²) in [5.74, 6) is -0.957. The second-order valence-electron chi connectivity index (χ2n) is 7.71. The van der Waals surface area contributed by atoms with Gasteiger partial charge in [0, 0.05) is 16.0 Å². The summed E-state index contributed by atoms with van der Waals surface area (Å²) in [5, 5.41) is 7.90. The predicted octanol–water partition coefficient (Wildman–Crippen LogP) is 4.50. The molecule has 0 atom stereocenters. The maximum atomic E-state index is 13.0. The standard InChI is InChI=1S/C23H23N3O4S/c1-13(2)25-26-21(28)19-15-9-4-3-5-11-18(15)31-22(19)24-20(27)16-12-14-8-6-7-10-17(14)30-23(16)29/h6-8,10,12H,3-5,9,11H2,1-2H3,(H,24,27)(H,26,28). The van der Waals surface area contributed by atoms with Crippen molar-refractivity contribution in [1.82, 2.24) is 5.43 Å². The van der Waals surface area contributed by atoms with Crippen LogP contribution in [-0.2, 0) is 12.8 Å². The summed E-state index contributed by atoms with van der Waals surface area (Å²) in [4.78, 5) is 39.4. The molecule has 3 aromatic rings. The Labute approximate surface area is 183 Å². The van der Waals surface area contributed by atoms with Crippen LogP contribution in [0.3, 0.4) is 0 Å². The van der Waals surface area contributed by atoms with E-state index in [4.69, 9.17) is 4.42 Å². The second-order valence-corrected chi connectivity index (χ2v) is 8.81. The van der Waals surface area contributed by atoms with Gasteiger partial charge in [0.2, 0.25) is 0 Å². The number of aryl methyl sites for hydroxylation is 1. The van der Waals surface area contributed by atoms with E-state index in [2.05, 4.69) is 15.8 Å². The maximum absolute atomic E-state index is 13.0. The van der Waals surface area contributed by atoms with E-state index in [1.165, 1.54) is 17.4 Å². The summed E-state index contributed by atoms with van der Waals surface area (Å²) < 4.78 is 5.28. The number of rotatable bonds is 4. The highest BCUT2D eigenvalue weighted by atomic mass is 32.1. The van der Waals surface area contributed by atoms with Gasteiger partial charge in [-0.2, -0.15) is 5.10 Å². The molecule has 2 amide bonds. The number of hydrazone groups is 1. The summed E-state index contributed by atoms with van der Waals surface area (Å²) in [6.45, 7) is 3.58. The number of hydrogen-bond acceptors (Lipinski definition) is 6. The smallest absolute Gasteiger partial charge is 0.349 e. The number of benzene rings is 1. The first-order valence-corrected chi connectivity index (χ1v) is 11.1. The Hall–Kier alpha value is -3.26. The zero-order chi connectivity index (χ0) is 22.0. The lowest BCUT2D eigenvalue weighted by atomic mass is 10.0. The zero-order valence-corrected chi connectivity index (χ0v) is 18.2. The number of nitrogens with one attached hydrogen (secondary N) is 2. The first-order chi connectivity index (χ1) is 14.9. The number of nitrogens with zero attached hydrogens (tertiary/aromatic N) is 1. The Morgan fingerprint density at radius 3 is 2.65 bits per heavy atom. The lowest BCUT2D eigenvalue weighted by Crippen LogP contribution is -2.24. The van der Waals surface area contributed by atoms with E-state index in [1.54, 1.807) is 38.1 Å². The Bertz CT molecular complexity index is 1250. The molecule has 1 aliphatic carbocycles. The van der Waals surface area contributed by atoms with E-state index >= 15 is 0 Å². The molecule has 160 valence electrons. The molecule has 2 N–H and O–H groups in total. The van der Waals surface area contributed by atoms with Crippen molar-refractivity contribution in [3.05, 3.63) is 62.3 Å². The average molecular weight is 438 g/mol. The van der Waals surface area contributed by atoms with Gasteiger partial charge in [0.25, 0.3) is 11.8 Å². The maximum Gasteiger partial charge on any atom is 0.349 e. The average Bonchev–Trinajstić information content (AvgIpc) is 2.91. The van der Waals surface area contributed by atoms with E-state index in [1.807, 2.05) is 0 Å². The molecule has 1 aliphatic rings. The summed E-state index contributed by atoms with van der Waals surface area (Å²) in [6.07, 6.45) is 4.78. The van der Waals surface area contributed by atoms with Crippen LogP contribution < -0.4 is 16.4 Å². The minimum absolute atomic E-state index is 0.101. The highest BCUT2D eigenvalue weighted by Gasteiger charge is 2.26. The second kappa shape index (κ2) is 8.85. The van der Waals surface area contributed by atoms with Gasteiger partial charge in [-0.15, -0.1) is 11.3 Å². The van der Waals surface area contributed by atoms with Gasteiger partial charge in [-0.3, -0.25) is 9.59 Å². The molecule has 0 fully saturated rings. The van der Waals surface area contributed by atoms with Crippen LogP contribution in [0.15, 0.2) is 44.6 Å². The number of carbonyl (C=O) groups excluding carboxylic acids is 2. The Kier molecular flexibility index (Phi) is 5.99. The number of thiophene rings is 1. The van der Waals surface area contributed by atoms with Crippen LogP contribution in [0.5, 0.6) is 0 Å². The summed E-state index contributed by atoms with van der Waals surface area (Å²) in [7, 11) is 0. The lowest BCUT2D eigenvalue weighted by Gasteiger charge is -2.08. The Balaban J connectivity index is 1.71. The van der Waals surface area contributed by atoms with Crippen molar-refractivity contribution in [2.75, 3.05) is 5.32 Å². The van der Waals surface area contributed by atoms with E-state index < -0.39 is 11.5 Å². The Morgan fingerprint density at radius 2 is 1.84 bits per heavy atom. The molecule has 8 heteroatoms. The van der Waals surface area contributed by atoms with Crippen molar-refractivity contribution in [2.24, 2.45) is 5.10 Å². The molecule has 0 bridgehead atoms. The molecule has 2 aromatic heterocycles. The van der Waals surface area contributed by atoms with Crippen LogP contribution in [-0.4, -0.2) is 17.5 Å². The van der Waals surface area contributed by atoms with Crippen LogP contribution in [0.2, 0.25) is 0 Å². The van der Waals surface area contributed by atoms with E-state index in [9.17, 15) is 14.4 Å². The highest BCUT2D eigenvalue weighted by Crippen LogP contribution is 2.37. The number of para-hydroxylation sites is 1. The van der Waals surface area contributed by atoms with Gasteiger partial charge in [-0.1, -0.05) is 24.6 Å². The number of anilines is 1. The minimum atomic E-state index is -0.716. The molecule has 0 radical (unpaired) electrons. The van der Waals surface area contributed by atoms with Gasteiger partial charge in [0.1, 0.15) is 16.1 Å². The first kappa shape index (κ1) is 21.0. The van der Waals surface area contributed by atoms with Crippen LogP contribution in [0.25, 0.3) is 11.0 Å². The molecule has 7 nitrogen and oxygen atoms in total. The van der Waals surface area contributed by atoms with Gasteiger partial charge >= 0.3 is 5.63 Å². The van der Waals surface area contributed by atoms with E-state index in [-0.39, 0.29) is 11.5 Å². The predicted molar refractivity (Wildman–Crippen MR) is 122 cm³/mol. The number of carbonyl (C=O) groups is 2. The molecule has 4 rings (SSSR count). The van der Waals surface area contributed by atoms with Crippen molar-refractivity contribution in [3.8, 4) is 0 Å². The fourth-order valence-corrected chi connectivity index (χ4v) is 4.96. The van der Waals surface area contributed by atoms with Crippen molar-refractivity contribution >= 4 is 44.8 Å². The number of fused-ring (bicyclic) bond motifs is 2. The quantitative estimate of drug-likeness (QED) is 0.272. The molecule has 0 saturated heterocycles. The molecule has 0 saturated carbocycles. The molecule has 0 aliphatic heterocycles. The fraction of sp³-hybridized carbons (Fsp3) is 0.304. The normalized spacial score (nSPS) is 13.2. The van der Waals surface area contributed by atoms with E-state index in [0.29, 0.717) is 27.2 Å². The van der Waals surface area contributed by atoms with Crippen LogP contribution in [0, 0.1) is 0 Å². The summed E-state index contributed by atoms with van der Waals surface area (Å²) in [6, 6.07) is 8.52. The van der Waals surface area contributed by atoms with Crippen molar-refractivity contribution in [1.29, 1.82) is 0 Å². The molecule has 0 spiro atoms. The van der Waals surface area contributed by atoms with Gasteiger partial charge < -0.3 is 9.73 Å². The monoisotopic (exact) mass is 437 g/mol. The summed E-state index contributed by atoms with van der Waals surface area (Å²) >= 11 is 1.40. The number of hydrogen-bond donors (Lipinski definition) is 2. The van der Waals surface area contributed by atoms with Gasteiger partial charge in [0.05, 0.1) is 5.56 Å². The van der Waals surface area contributed by atoms with Crippen LogP contribution in [0.4, 0.5) is 5.00 Å². The lowest BCUT2D eigenvalue weighted by molar-refractivity contribution is 0.0955. The van der Waals surface area contributed by atoms with E-state index in [0.717, 1.165) is 42.5 Å². The third-order valence-electron chi connectivity index (χ3n) is 5.14. The molecular weight excluding hydrogens is 414 g/mol. The number of amides is 2. The topological polar surface area (TPSA) is 101 Å². The molecule has 1 aromatic carbocycles. The first-order valence-electron chi connectivity index (χ1n) is 10.2. The van der Waals surface area contributed by atoms with Crippen LogP contribution >= 0.6 is 11.3 Å². The third-order valence-corrected chi connectivity index (χ3v) is 6.35. The van der Waals surface area contributed by atoms with Crippen molar-refractivity contribution in [2.45, 2.75) is 46.0 Å². The largest absolute Gasteiger partial charge is 0.422 e. The Morgan fingerprint density at radius 1 is 1.06 bits per heavy atom. The van der Waals surface area contributed by atoms with Gasteiger partial charge in [-0.25, -0.2) is 10.2 Å². The minimum Gasteiger partial charge on any atom is -0.422 e. The molecule has 0 unspecified atom stereocenters. The highest BCUT2D eigenvalue weighted by molar-refractivity contribution is 7.17. The SMILES string of the molecule is CC(C)=NNC(=O)c1c(NC(=O)c2cc3ccccc3oc2=O)sc2c1CCCCC2. The summed E-state index contributed by atoms with van der Waals surface area (Å²) in [5.41, 5.74) is 4.28. The van der Waals surface area contributed by atoms with Crippen molar-refractivity contribution < 1.29 is 14.0 Å². The molecule has 31 heavy (non-hydrogen) atoms. The van der Waals surface area contributed by atoms with Gasteiger partial charge in [-0.05, 0) is 57.2 Å². The molecular formula is C23H23N3O4S. The van der Waals surface area contributed by atoms with Crippen molar-refractivity contribution in [3.63, 3.8) is 0 Å². The zero-order valence-electron chi connectivity index (χ0n) is 17.4.